The maximum atomic E-state index is 11.8. The molecule has 11 nitrogen and oxygen atoms in total. The first-order chi connectivity index (χ1) is 16.6. The van der Waals surface area contributed by atoms with E-state index in [4.69, 9.17) is 14.0 Å². The number of hydrogen-bond donors (Lipinski definition) is 2. The van der Waals surface area contributed by atoms with E-state index in [9.17, 15) is 18.6 Å². The Hall–Kier alpha value is -2.74. The Balaban J connectivity index is 0.00000361. The molecule has 0 unspecified atom stereocenters. The molecule has 1 aromatic heterocycles. The van der Waals surface area contributed by atoms with E-state index >= 15 is 0 Å². The van der Waals surface area contributed by atoms with Crippen molar-refractivity contribution < 1.29 is 66.4 Å². The minimum Gasteiger partial charge on any atom is -0.870 e. The Morgan fingerprint density at radius 1 is 1.22 bits per heavy atom. The second-order valence-corrected chi connectivity index (χ2v) is 9.22. The third kappa shape index (κ3) is 6.93. The Bertz CT molecular complexity index is 1340. The molecule has 1 aliphatic heterocycles. The van der Waals surface area contributed by atoms with Crippen LogP contribution < -0.4 is 44.1 Å². The van der Waals surface area contributed by atoms with Gasteiger partial charge in [0.05, 0.1) is 12.0 Å². The normalized spacial score (nSPS) is 15.7. The van der Waals surface area contributed by atoms with E-state index in [0.717, 1.165) is 24.9 Å². The number of aromatic nitrogens is 2. The maximum absolute atomic E-state index is 11.8. The fourth-order valence-electron chi connectivity index (χ4n) is 3.58. The van der Waals surface area contributed by atoms with E-state index < -0.39 is 28.5 Å². The smallest absolute Gasteiger partial charge is 0.870 e. The number of hydrogen-bond acceptors (Lipinski definition) is 9. The number of nitrogens with zero attached hydrogens (tertiary/aromatic N) is 3. The number of imidazole rings is 1. The third-order valence-corrected chi connectivity index (χ3v) is 5.62. The predicted octanol–water partition coefficient (Wildman–Crippen LogP) is -1.05. The molecule has 0 spiro atoms. The van der Waals surface area contributed by atoms with E-state index in [0.29, 0.717) is 22.6 Å². The van der Waals surface area contributed by atoms with Crippen molar-refractivity contribution in [2.45, 2.75) is 18.8 Å². The number of fused-ring (bicyclic) bond motifs is 1. The van der Waals surface area contributed by atoms with Crippen LogP contribution in [0.15, 0.2) is 55.2 Å². The van der Waals surface area contributed by atoms with Crippen molar-refractivity contribution >= 4 is 16.5 Å². The molecule has 2 aromatic carbocycles. The van der Waals surface area contributed by atoms with Crippen LogP contribution in [0.1, 0.15) is 22.9 Å². The summed E-state index contributed by atoms with van der Waals surface area (Å²) in [4.78, 5) is 6.52. The van der Waals surface area contributed by atoms with Gasteiger partial charge in [0.2, 0.25) is 0 Å². The molecule has 2 heterocycles. The zero-order valence-corrected chi connectivity index (χ0v) is 22.8. The number of phenols is 1. The van der Waals surface area contributed by atoms with Crippen LogP contribution in [-0.4, -0.2) is 59.5 Å². The summed E-state index contributed by atoms with van der Waals surface area (Å²) >= 11 is 0. The number of ether oxygens (including phenoxy) is 2. The molecule has 0 saturated heterocycles. The largest absolute Gasteiger partial charge is 1.00 e. The van der Waals surface area contributed by atoms with Crippen LogP contribution in [0.5, 0.6) is 23.0 Å². The first-order valence-electron chi connectivity index (χ1n) is 10.6. The summed E-state index contributed by atoms with van der Waals surface area (Å²) in [6.07, 6.45) is 5.56. The minimum atomic E-state index is -4.60. The van der Waals surface area contributed by atoms with Crippen LogP contribution in [0.3, 0.4) is 0 Å². The molecule has 0 amide bonds. The first-order valence-corrected chi connectivity index (χ1v) is 11.9. The summed E-state index contributed by atoms with van der Waals surface area (Å²) in [5.74, 6) is -0.0378. The van der Waals surface area contributed by atoms with E-state index in [1.54, 1.807) is 30.6 Å². The average molecular weight is 526 g/mol. The van der Waals surface area contributed by atoms with E-state index in [2.05, 4.69) is 9.17 Å². The summed E-state index contributed by atoms with van der Waals surface area (Å²) in [6, 6.07) is 8.58. The molecule has 1 aliphatic rings. The molecule has 0 radical (unpaired) electrons. The number of rotatable bonds is 9. The van der Waals surface area contributed by atoms with Gasteiger partial charge in [-0.1, -0.05) is 23.9 Å². The number of benzene rings is 2. The number of likely N-dealkylation sites (N-methyl/N-ethyl adjacent to an activating group) is 1. The second-order valence-electron chi connectivity index (χ2n) is 8.17. The van der Waals surface area contributed by atoms with Gasteiger partial charge in [0, 0.05) is 19.2 Å². The van der Waals surface area contributed by atoms with Gasteiger partial charge in [-0.3, -0.25) is 4.55 Å². The van der Waals surface area contributed by atoms with Gasteiger partial charge in [0.15, 0.2) is 11.5 Å². The second kappa shape index (κ2) is 11.5. The van der Waals surface area contributed by atoms with Gasteiger partial charge in [-0.2, -0.15) is 8.42 Å². The van der Waals surface area contributed by atoms with Crippen molar-refractivity contribution in [2.75, 3.05) is 20.6 Å². The Kier molecular flexibility index (Phi) is 8.93. The van der Waals surface area contributed by atoms with Crippen LogP contribution in [0.4, 0.5) is 0 Å². The van der Waals surface area contributed by atoms with E-state index in [-0.39, 0.29) is 35.3 Å². The monoisotopic (exact) mass is 525 g/mol. The molecular weight excluding hydrogens is 501 g/mol. The van der Waals surface area contributed by atoms with E-state index in [1.807, 2.05) is 29.8 Å². The van der Waals surface area contributed by atoms with Gasteiger partial charge < -0.3 is 33.3 Å². The summed E-state index contributed by atoms with van der Waals surface area (Å²) in [7, 11) is -0.648. The summed E-state index contributed by atoms with van der Waals surface area (Å²) < 4.78 is 48.2. The van der Waals surface area contributed by atoms with Gasteiger partial charge in [-0.05, 0) is 49.5 Å². The molecule has 2 atom stereocenters. The molecule has 4 rings (SSSR count). The van der Waals surface area contributed by atoms with Gasteiger partial charge in [-0.15, -0.1) is 0 Å². The standard InChI is InChI=1S/C23H25N3O8S.Na/c1-25(2)9-7-17-13-26(14-24-17)22(16-4-5-18(27)19(28)12-16)23-33-20-6-3-15(11-21(20)34-23)8-10-32-35(29,30)31;/h3-6,8,10-14,22-23,27-28H,7,9H2,1-2H3,(H,29,30,31);/q;+1/p-1/b10-8+;/t22-,23-;/m0./s1. The van der Waals surface area contributed by atoms with Crippen LogP contribution in [-0.2, 0) is 21.0 Å². The van der Waals surface area contributed by atoms with Gasteiger partial charge in [0.1, 0.15) is 18.1 Å². The van der Waals surface area contributed by atoms with Crippen molar-refractivity contribution in [3.05, 3.63) is 72.0 Å². The van der Waals surface area contributed by atoms with Gasteiger partial charge in [-0.25, -0.2) is 4.98 Å². The molecule has 0 fully saturated rings. The molecule has 36 heavy (non-hydrogen) atoms. The molecule has 0 bridgehead atoms. The van der Waals surface area contributed by atoms with Crippen molar-refractivity contribution in [1.29, 1.82) is 0 Å². The van der Waals surface area contributed by atoms with Crippen molar-refractivity contribution in [2.24, 2.45) is 0 Å². The zero-order chi connectivity index (χ0) is 25.2. The summed E-state index contributed by atoms with van der Waals surface area (Å²) in [5, 5.41) is 21.8. The molecule has 186 valence electrons. The van der Waals surface area contributed by atoms with E-state index in [1.165, 1.54) is 18.2 Å². The molecular formula is C23H24N3NaO8S. The van der Waals surface area contributed by atoms with Crippen LogP contribution in [0.2, 0.25) is 0 Å². The Morgan fingerprint density at radius 3 is 2.67 bits per heavy atom. The van der Waals surface area contributed by atoms with Crippen LogP contribution in [0.25, 0.3) is 6.08 Å². The molecule has 0 saturated carbocycles. The molecule has 0 aliphatic carbocycles. The average Bonchev–Trinajstić information content (AvgIpc) is 3.41. The topological polar surface area (TPSA) is 146 Å². The fraction of sp³-hybridized carbons (Fsp3) is 0.261. The maximum Gasteiger partial charge on any atom is 1.00 e. The Labute approximate surface area is 230 Å². The first kappa shape index (κ1) is 27.8. The number of aromatic hydroxyl groups is 1. The van der Waals surface area contributed by atoms with Gasteiger partial charge >= 0.3 is 40.0 Å². The predicted molar refractivity (Wildman–Crippen MR) is 123 cm³/mol. The molecule has 2 N–H and O–H groups in total. The zero-order valence-electron chi connectivity index (χ0n) is 19.9. The van der Waals surface area contributed by atoms with Crippen molar-refractivity contribution in [1.82, 2.24) is 14.5 Å². The Morgan fingerprint density at radius 2 is 1.97 bits per heavy atom. The number of phenolic OH excluding ortho intramolecular Hbond substituents is 1. The molecule has 13 heteroatoms. The van der Waals surface area contributed by atoms with Crippen molar-refractivity contribution in [3.63, 3.8) is 0 Å². The fourth-order valence-corrected chi connectivity index (χ4v) is 3.78. The SMILES string of the molecule is CN(C)CCc1cn([C@@H](c2ccc([O-])c(O)c2)[C@H]2Oc3ccc(/C=C/OS(=O)(=O)O)cc3O2)cn1.[Na+]. The quantitative estimate of drug-likeness (QED) is 0.202. The van der Waals surface area contributed by atoms with Gasteiger partial charge in [0.25, 0.3) is 6.29 Å². The summed E-state index contributed by atoms with van der Waals surface area (Å²) in [5.41, 5.74) is 1.98. The summed E-state index contributed by atoms with van der Waals surface area (Å²) in [6.45, 7) is 0.812. The van der Waals surface area contributed by atoms with Crippen LogP contribution in [0, 0.1) is 0 Å². The third-order valence-electron chi connectivity index (χ3n) is 5.27. The molecule has 3 aromatic rings. The minimum absolute atomic E-state index is 0. The van der Waals surface area contributed by atoms with Crippen LogP contribution >= 0.6 is 0 Å². The van der Waals surface area contributed by atoms with Crippen molar-refractivity contribution in [3.8, 4) is 23.0 Å².